The zero-order valence-corrected chi connectivity index (χ0v) is 10.4. The van der Waals surface area contributed by atoms with Gasteiger partial charge >= 0.3 is 6.15 Å². The van der Waals surface area contributed by atoms with Crippen LogP contribution in [0.3, 0.4) is 0 Å². The summed E-state index contributed by atoms with van der Waals surface area (Å²) in [4.78, 5) is 0. The number of rotatable bonds is 2. The maximum absolute atomic E-state index is 8.09. The summed E-state index contributed by atoms with van der Waals surface area (Å²) in [7, 11) is 2.03. The third-order valence-corrected chi connectivity index (χ3v) is 2.08. The Hall–Kier alpha value is -2.77. The average molecular weight is 240 g/mol. The summed E-state index contributed by atoms with van der Waals surface area (Å²) < 4.78 is 4.23. The van der Waals surface area contributed by atoms with Crippen LogP contribution in [0.25, 0.3) is 0 Å². The third-order valence-electron chi connectivity index (χ3n) is 2.08. The molecule has 0 aliphatic heterocycles. The Bertz CT molecular complexity index is 486. The van der Waals surface area contributed by atoms with E-state index in [4.69, 9.17) is 21.0 Å². The largest absolute Gasteiger partial charge is 0.383 e. The van der Waals surface area contributed by atoms with Crippen molar-refractivity contribution in [1.82, 2.24) is 4.57 Å². The SMILES string of the molecule is CCCn1cc[n+](C)c1.N#C[B-](C#N)(C#N)C#N. The maximum atomic E-state index is 8.09. The van der Waals surface area contributed by atoms with Gasteiger partial charge in [-0.05, 0) is 6.42 Å². The number of nitriles is 4. The van der Waals surface area contributed by atoms with Crippen LogP contribution in [0.4, 0.5) is 0 Å². The summed E-state index contributed by atoms with van der Waals surface area (Å²) >= 11 is 0. The van der Waals surface area contributed by atoms with Crippen LogP contribution >= 0.6 is 0 Å². The van der Waals surface area contributed by atoms with Crippen molar-refractivity contribution in [2.45, 2.75) is 19.9 Å². The molecule has 0 saturated heterocycles. The van der Waals surface area contributed by atoms with Crippen molar-refractivity contribution in [1.29, 1.82) is 21.0 Å². The van der Waals surface area contributed by atoms with Gasteiger partial charge < -0.3 is 0 Å². The summed E-state index contributed by atoms with van der Waals surface area (Å²) in [5.41, 5.74) is 0. The summed E-state index contributed by atoms with van der Waals surface area (Å²) in [5.74, 6) is 5.38. The van der Waals surface area contributed by atoms with Crippen LogP contribution < -0.4 is 4.57 Å². The van der Waals surface area contributed by atoms with Crippen molar-refractivity contribution in [2.75, 3.05) is 0 Å². The molecule has 7 heteroatoms. The molecule has 1 heterocycles. The summed E-state index contributed by atoms with van der Waals surface area (Å²) in [6, 6.07) is 0. The molecule has 6 nitrogen and oxygen atoms in total. The fourth-order valence-electron chi connectivity index (χ4n) is 1.07. The van der Waals surface area contributed by atoms with E-state index in [1.807, 2.05) is 7.05 Å². The highest BCUT2D eigenvalue weighted by atomic mass is 15.1. The molecule has 0 amide bonds. The minimum absolute atomic E-state index is 1.13. The lowest BCUT2D eigenvalue weighted by molar-refractivity contribution is -0.671. The summed E-state index contributed by atoms with van der Waals surface area (Å²) in [6.45, 7) is 3.31. The second-order valence-corrected chi connectivity index (χ2v) is 3.70. The molecule has 0 aliphatic carbocycles. The summed E-state index contributed by atoms with van der Waals surface area (Å²) in [6.07, 6.45) is 4.71. The van der Waals surface area contributed by atoms with Crippen molar-refractivity contribution in [2.24, 2.45) is 7.05 Å². The zero-order valence-electron chi connectivity index (χ0n) is 10.4. The first-order chi connectivity index (χ1) is 8.57. The van der Waals surface area contributed by atoms with E-state index < -0.39 is 6.15 Å². The van der Waals surface area contributed by atoms with Gasteiger partial charge in [-0.15, -0.1) is 23.9 Å². The number of aromatic nitrogens is 2. The second-order valence-electron chi connectivity index (χ2n) is 3.70. The Labute approximate surface area is 106 Å². The van der Waals surface area contributed by atoms with Crippen LogP contribution in [0.1, 0.15) is 13.3 Å². The van der Waals surface area contributed by atoms with Crippen LogP contribution in [0.5, 0.6) is 0 Å². The quantitative estimate of drug-likeness (QED) is 0.551. The molecule has 90 valence electrons. The number of hydrogen-bond acceptors (Lipinski definition) is 4. The van der Waals surface area contributed by atoms with Crippen molar-refractivity contribution in [3.8, 4) is 23.9 Å². The lowest BCUT2D eigenvalue weighted by Crippen LogP contribution is -2.26. The zero-order chi connectivity index (χ0) is 14.0. The Kier molecular flexibility index (Phi) is 6.35. The van der Waals surface area contributed by atoms with Crippen LogP contribution in [0, 0.1) is 44.9 Å². The van der Waals surface area contributed by atoms with Gasteiger partial charge in [-0.25, -0.2) is 30.2 Å². The van der Waals surface area contributed by atoms with Gasteiger partial charge in [0, 0.05) is 0 Å². The predicted molar refractivity (Wildman–Crippen MR) is 64.1 cm³/mol. The van der Waals surface area contributed by atoms with Gasteiger partial charge in [-0.2, -0.15) is 0 Å². The number of nitrogens with zero attached hydrogens (tertiary/aromatic N) is 6. The smallest absolute Gasteiger partial charge is 0.245 e. The minimum atomic E-state index is -2.72. The Morgan fingerprint density at radius 1 is 1.11 bits per heavy atom. The number of aryl methyl sites for hydroxylation is 2. The standard InChI is InChI=1S/C7H13N2.C4BN4/c1-3-4-9-6-5-8(2)7-9;6-1-5(2-7,3-8)4-9/h5-7H,3-4H2,1-2H3;/q+1;-1. The van der Waals surface area contributed by atoms with E-state index in [2.05, 4.69) is 34.8 Å². The highest BCUT2D eigenvalue weighted by Crippen LogP contribution is 1.92. The maximum Gasteiger partial charge on any atom is 0.383 e. The topological polar surface area (TPSA) is 104 Å². The number of hydrogen-bond donors (Lipinski definition) is 0. The van der Waals surface area contributed by atoms with E-state index in [0.717, 1.165) is 6.54 Å². The van der Waals surface area contributed by atoms with Crippen LogP contribution in [0.2, 0.25) is 0 Å². The molecule has 0 radical (unpaired) electrons. The van der Waals surface area contributed by atoms with E-state index in [0.29, 0.717) is 0 Å². The molecule has 0 spiro atoms. The molecule has 0 atom stereocenters. The van der Waals surface area contributed by atoms with Gasteiger partial charge in [0.05, 0.1) is 13.6 Å². The van der Waals surface area contributed by atoms with E-state index in [1.54, 1.807) is 0 Å². The Morgan fingerprint density at radius 3 is 1.83 bits per heavy atom. The van der Waals surface area contributed by atoms with Gasteiger partial charge in [0.25, 0.3) is 0 Å². The number of imidazole rings is 1. The molecule has 0 saturated carbocycles. The molecule has 1 aromatic rings. The van der Waals surface area contributed by atoms with E-state index in [-0.39, 0.29) is 0 Å². The van der Waals surface area contributed by atoms with Gasteiger partial charge in [0.2, 0.25) is 6.33 Å². The molecule has 0 fully saturated rings. The lowest BCUT2D eigenvalue weighted by Gasteiger charge is -1.98. The van der Waals surface area contributed by atoms with Crippen LogP contribution in [-0.2, 0) is 13.6 Å². The van der Waals surface area contributed by atoms with E-state index >= 15 is 0 Å². The first-order valence-electron chi connectivity index (χ1n) is 5.39. The van der Waals surface area contributed by atoms with E-state index in [9.17, 15) is 0 Å². The van der Waals surface area contributed by atoms with Gasteiger partial charge in [-0.1, -0.05) is 6.92 Å². The van der Waals surface area contributed by atoms with Gasteiger partial charge in [0.15, 0.2) is 0 Å². The average Bonchev–Trinajstić information content (AvgIpc) is 2.80. The van der Waals surface area contributed by atoms with Crippen molar-refractivity contribution in [3.05, 3.63) is 18.7 Å². The monoisotopic (exact) mass is 240 g/mol. The molecule has 0 aromatic carbocycles. The lowest BCUT2D eigenvalue weighted by atomic mass is 9.30. The highest BCUT2D eigenvalue weighted by Gasteiger charge is 2.22. The first kappa shape index (κ1) is 15.2. The molecule has 0 N–H and O–H groups in total. The second kappa shape index (κ2) is 7.50. The van der Waals surface area contributed by atoms with Crippen molar-refractivity contribution < 1.29 is 4.57 Å². The first-order valence-corrected chi connectivity index (χ1v) is 5.39. The van der Waals surface area contributed by atoms with Gasteiger partial charge in [-0.3, -0.25) is 0 Å². The molecule has 0 aliphatic rings. The molecule has 1 aromatic heterocycles. The molecular formula is C11H13BN6. The summed E-state index contributed by atoms with van der Waals surface area (Å²) in [5, 5.41) is 32.3. The highest BCUT2D eigenvalue weighted by molar-refractivity contribution is 7.05. The Balaban J connectivity index is 0.000000321. The molecule has 0 unspecified atom stereocenters. The van der Waals surface area contributed by atoms with Gasteiger partial charge in [0.1, 0.15) is 12.4 Å². The van der Waals surface area contributed by atoms with Crippen molar-refractivity contribution in [3.63, 3.8) is 0 Å². The fourth-order valence-corrected chi connectivity index (χ4v) is 1.07. The van der Waals surface area contributed by atoms with E-state index in [1.165, 1.54) is 30.3 Å². The molecule has 18 heavy (non-hydrogen) atoms. The molecule has 0 bridgehead atoms. The predicted octanol–water partition coefficient (Wildman–Crippen LogP) is 0.409. The van der Waals surface area contributed by atoms with Crippen molar-refractivity contribution >= 4 is 6.15 Å². The third kappa shape index (κ3) is 4.39. The van der Waals surface area contributed by atoms with Crippen LogP contribution in [0.15, 0.2) is 18.7 Å². The fraction of sp³-hybridized carbons (Fsp3) is 0.364. The van der Waals surface area contributed by atoms with Crippen LogP contribution in [-0.4, -0.2) is 10.7 Å². The minimum Gasteiger partial charge on any atom is -0.245 e. The molecular weight excluding hydrogens is 227 g/mol. The normalized spacial score (nSPS) is 8.78. The Morgan fingerprint density at radius 2 is 1.61 bits per heavy atom. The molecule has 1 rings (SSSR count).